The highest BCUT2D eigenvalue weighted by molar-refractivity contribution is 7.80. The normalized spacial score (nSPS) is 8.50. The molecule has 8 heavy (non-hydrogen) atoms. The number of thiocarbonyl (C=S) groups is 1. The molecule has 0 atom stereocenters. The van der Waals surface area contributed by atoms with Crippen LogP contribution >= 0.6 is 12.2 Å². The van der Waals surface area contributed by atoms with Gasteiger partial charge in [-0.3, -0.25) is 5.32 Å². The summed E-state index contributed by atoms with van der Waals surface area (Å²) >= 11 is 4.60. The quantitative estimate of drug-likeness (QED) is 0.222. The summed E-state index contributed by atoms with van der Waals surface area (Å²) in [6.07, 6.45) is 6.41. The Balaban J connectivity index is 3.53. The first-order chi connectivity index (χ1) is 3.81. The summed E-state index contributed by atoms with van der Waals surface area (Å²) in [5.41, 5.74) is 0. The van der Waals surface area contributed by atoms with Crippen molar-refractivity contribution in [3.63, 3.8) is 0 Å². The molecule has 0 saturated carbocycles. The summed E-state index contributed by atoms with van der Waals surface area (Å²) in [6.45, 7) is 1.77. The molecule has 0 bridgehead atoms. The average molecular weight is 126 g/mol. The lowest BCUT2D eigenvalue weighted by atomic mass is 10.8. The number of nitrogens with zero attached hydrogens (tertiary/aromatic N) is 1. The maximum atomic E-state index is 4.84. The van der Waals surface area contributed by atoms with Crippen molar-refractivity contribution in [2.24, 2.45) is 4.99 Å². The smallest absolute Gasteiger partial charge is 0.204 e. The molecule has 0 spiro atoms. The predicted octanol–water partition coefficient (Wildman–Crippen LogP) is 0.542. The Morgan fingerprint density at radius 1 is 2.00 bits per heavy atom. The number of hydrogen-bond donors (Lipinski definition) is 1. The second-order valence-electron chi connectivity index (χ2n) is 0.962. The van der Waals surface area contributed by atoms with E-state index in [1.54, 1.807) is 13.1 Å². The van der Waals surface area contributed by atoms with Crippen molar-refractivity contribution in [1.82, 2.24) is 5.32 Å². The van der Waals surface area contributed by atoms with Gasteiger partial charge in [-0.15, -0.1) is 0 Å². The third-order valence-corrected chi connectivity index (χ3v) is 0.633. The second kappa shape index (κ2) is 4.28. The molecule has 0 aliphatic carbocycles. The van der Waals surface area contributed by atoms with Gasteiger partial charge in [-0.2, -0.15) is 0 Å². The van der Waals surface area contributed by atoms with Gasteiger partial charge in [0.2, 0.25) is 5.11 Å². The fraction of sp³-hybridized carbons (Fsp3) is 0.200. The van der Waals surface area contributed by atoms with Crippen LogP contribution in [0.15, 0.2) is 4.99 Å². The van der Waals surface area contributed by atoms with Crippen LogP contribution in [0.2, 0.25) is 0 Å². The first kappa shape index (κ1) is 7.12. The summed E-state index contributed by atoms with van der Waals surface area (Å²) in [4.78, 5) is 3.67. The Morgan fingerprint density at radius 2 is 2.62 bits per heavy atom. The van der Waals surface area contributed by atoms with Gasteiger partial charge in [-0.25, -0.2) is 4.99 Å². The Labute approximate surface area is 54.0 Å². The lowest BCUT2D eigenvalue weighted by Gasteiger charge is -1.87. The van der Waals surface area contributed by atoms with Crippen molar-refractivity contribution in [3.8, 4) is 12.5 Å². The van der Waals surface area contributed by atoms with E-state index < -0.39 is 0 Å². The molecule has 0 radical (unpaired) electrons. The van der Waals surface area contributed by atoms with Crippen LogP contribution < -0.4 is 5.32 Å². The molecule has 1 N–H and O–H groups in total. The van der Waals surface area contributed by atoms with Crippen LogP contribution in [0.5, 0.6) is 0 Å². The second-order valence-corrected chi connectivity index (χ2v) is 1.35. The average Bonchev–Trinajstić information content (AvgIpc) is 1.68. The van der Waals surface area contributed by atoms with Crippen LogP contribution in [0.4, 0.5) is 0 Å². The minimum absolute atomic E-state index is 0.329. The van der Waals surface area contributed by atoms with E-state index in [1.165, 1.54) is 0 Å². The molecule has 0 aromatic heterocycles. The van der Waals surface area contributed by atoms with Crippen LogP contribution in [-0.4, -0.2) is 11.3 Å². The Morgan fingerprint density at radius 3 is 3.00 bits per heavy atom. The van der Waals surface area contributed by atoms with E-state index in [4.69, 9.17) is 6.42 Å². The van der Waals surface area contributed by atoms with Crippen molar-refractivity contribution in [2.45, 2.75) is 6.92 Å². The van der Waals surface area contributed by atoms with Crippen LogP contribution in [0.3, 0.4) is 0 Å². The van der Waals surface area contributed by atoms with Gasteiger partial charge in [0.25, 0.3) is 0 Å². The fourth-order valence-electron chi connectivity index (χ4n) is 0.211. The molecular formula is C5H6N2S. The van der Waals surface area contributed by atoms with Gasteiger partial charge in [0.15, 0.2) is 0 Å². The van der Waals surface area contributed by atoms with E-state index in [9.17, 15) is 0 Å². The van der Waals surface area contributed by atoms with Crippen LogP contribution in [0, 0.1) is 12.5 Å². The Hall–Kier alpha value is -0.880. The number of terminal acetylenes is 1. The van der Waals surface area contributed by atoms with Crippen molar-refractivity contribution in [1.29, 1.82) is 0 Å². The lowest BCUT2D eigenvalue weighted by Crippen LogP contribution is -2.11. The zero-order valence-corrected chi connectivity index (χ0v) is 5.33. The zero-order valence-electron chi connectivity index (χ0n) is 4.51. The molecule has 2 nitrogen and oxygen atoms in total. The van der Waals surface area contributed by atoms with E-state index in [2.05, 4.69) is 28.6 Å². The number of nitrogens with one attached hydrogen (secondary N) is 1. The van der Waals surface area contributed by atoms with E-state index in [-0.39, 0.29) is 0 Å². The van der Waals surface area contributed by atoms with E-state index in [0.717, 1.165) is 0 Å². The molecular weight excluding hydrogens is 120 g/mol. The summed E-state index contributed by atoms with van der Waals surface area (Å²) in [7, 11) is 0. The van der Waals surface area contributed by atoms with Crippen LogP contribution in [-0.2, 0) is 0 Å². The van der Waals surface area contributed by atoms with Gasteiger partial charge >= 0.3 is 0 Å². The molecule has 0 aromatic carbocycles. The van der Waals surface area contributed by atoms with E-state index in [1.807, 2.05) is 0 Å². The first-order valence-electron chi connectivity index (χ1n) is 2.05. The minimum Gasteiger partial charge on any atom is -0.290 e. The monoisotopic (exact) mass is 126 g/mol. The fourth-order valence-corrected chi connectivity index (χ4v) is 0.376. The summed E-state index contributed by atoms with van der Waals surface area (Å²) in [5.74, 6) is 0. The molecule has 0 aliphatic heterocycles. The Bertz CT molecular complexity index is 143. The maximum Gasteiger partial charge on any atom is 0.204 e. The SMILES string of the molecule is C#CNC(=S)N=CC. The predicted molar refractivity (Wildman–Crippen MR) is 38.7 cm³/mol. The van der Waals surface area contributed by atoms with E-state index >= 15 is 0 Å². The highest BCUT2D eigenvalue weighted by Crippen LogP contribution is 1.69. The van der Waals surface area contributed by atoms with Gasteiger partial charge in [0.05, 0.1) is 0 Å². The number of rotatable bonds is 0. The van der Waals surface area contributed by atoms with Crippen molar-refractivity contribution >= 4 is 23.5 Å². The van der Waals surface area contributed by atoms with Gasteiger partial charge in [0, 0.05) is 12.3 Å². The van der Waals surface area contributed by atoms with Gasteiger partial charge < -0.3 is 0 Å². The van der Waals surface area contributed by atoms with E-state index in [0.29, 0.717) is 5.11 Å². The minimum atomic E-state index is 0.329. The van der Waals surface area contributed by atoms with Gasteiger partial charge in [-0.05, 0) is 19.1 Å². The number of aliphatic imine (C=N–C) groups is 1. The molecule has 0 amide bonds. The van der Waals surface area contributed by atoms with Crippen LogP contribution in [0.1, 0.15) is 6.92 Å². The van der Waals surface area contributed by atoms with Crippen molar-refractivity contribution in [3.05, 3.63) is 0 Å². The largest absolute Gasteiger partial charge is 0.290 e. The molecule has 0 aromatic rings. The molecule has 42 valence electrons. The molecule has 3 heteroatoms. The molecule has 0 unspecified atom stereocenters. The standard InChI is InChI=1S/C5H6N2S/c1-3-6-5(8)7-4-2/h1,4H,2H3,(H,6,8). The van der Waals surface area contributed by atoms with Gasteiger partial charge in [0.1, 0.15) is 0 Å². The Kier molecular flexibility index (Phi) is 3.81. The third kappa shape index (κ3) is 3.32. The molecule has 0 rings (SSSR count). The first-order valence-corrected chi connectivity index (χ1v) is 2.46. The molecule has 0 fully saturated rings. The third-order valence-electron chi connectivity index (χ3n) is 0.425. The summed E-state index contributed by atoms with van der Waals surface area (Å²) < 4.78 is 0. The topological polar surface area (TPSA) is 24.4 Å². The van der Waals surface area contributed by atoms with Crippen molar-refractivity contribution in [2.75, 3.05) is 0 Å². The zero-order chi connectivity index (χ0) is 6.41. The molecule has 0 heterocycles. The molecule has 0 aliphatic rings. The number of hydrogen-bond acceptors (Lipinski definition) is 1. The highest BCUT2D eigenvalue weighted by atomic mass is 32.1. The van der Waals surface area contributed by atoms with Crippen LogP contribution in [0.25, 0.3) is 0 Å². The highest BCUT2D eigenvalue weighted by Gasteiger charge is 1.79. The maximum absolute atomic E-state index is 4.84. The summed E-state index contributed by atoms with van der Waals surface area (Å²) in [6, 6.07) is 2.15. The lowest BCUT2D eigenvalue weighted by molar-refractivity contribution is 1.35. The van der Waals surface area contributed by atoms with Gasteiger partial charge in [-0.1, -0.05) is 6.42 Å². The van der Waals surface area contributed by atoms with Crippen molar-refractivity contribution < 1.29 is 0 Å². The summed E-state index contributed by atoms with van der Waals surface area (Å²) in [5, 5.41) is 2.74. The molecule has 0 saturated heterocycles.